The molecule has 0 bridgehead atoms. The first-order chi connectivity index (χ1) is 16.5. The van der Waals surface area contributed by atoms with Crippen molar-refractivity contribution in [1.82, 2.24) is 19.5 Å². The van der Waals surface area contributed by atoms with Crippen molar-refractivity contribution in [2.75, 3.05) is 19.3 Å². The Hall–Kier alpha value is -2.87. The molecule has 178 valence electrons. The zero-order valence-electron chi connectivity index (χ0n) is 20.1. The number of rotatable bonds is 5. The molecular formula is C27H33N4O2S+. The maximum absolute atomic E-state index is 12.0. The molecule has 1 aliphatic rings. The second-order valence-corrected chi connectivity index (χ2v) is 10.6. The van der Waals surface area contributed by atoms with Crippen LogP contribution >= 0.6 is 0 Å². The molecule has 7 heteroatoms. The van der Waals surface area contributed by atoms with Gasteiger partial charge in [0.15, 0.2) is 10.5 Å². The highest BCUT2D eigenvalue weighted by Crippen LogP contribution is 2.28. The van der Waals surface area contributed by atoms with Crippen molar-refractivity contribution in [2.24, 2.45) is 0 Å². The first-order valence-electron chi connectivity index (χ1n) is 11.9. The molecule has 0 aliphatic carbocycles. The third-order valence-electron chi connectivity index (χ3n) is 6.08. The molecule has 1 N–H and O–H groups in total. The van der Waals surface area contributed by atoms with Crippen LogP contribution in [-0.4, -0.2) is 43.4 Å². The molecule has 0 radical (unpaired) electrons. The molecule has 1 saturated heterocycles. The first-order valence-corrected chi connectivity index (χ1v) is 13.9. The van der Waals surface area contributed by atoms with Crippen LogP contribution in [0.2, 0.25) is 0 Å². The largest absolute Gasteiger partial charge is 0.299 e. The lowest BCUT2D eigenvalue weighted by Gasteiger charge is -2.26. The molecule has 1 aliphatic heterocycles. The van der Waals surface area contributed by atoms with Crippen molar-refractivity contribution in [3.63, 3.8) is 0 Å². The molecular weight excluding hydrogens is 444 g/mol. The van der Waals surface area contributed by atoms with Gasteiger partial charge in [-0.25, -0.2) is 9.50 Å². The molecule has 0 amide bonds. The van der Waals surface area contributed by atoms with E-state index in [1.807, 2.05) is 32.3 Å². The maximum Gasteiger partial charge on any atom is 0.244 e. The van der Waals surface area contributed by atoms with Gasteiger partial charge in [0.25, 0.3) is 0 Å². The van der Waals surface area contributed by atoms with Gasteiger partial charge in [-0.05, 0) is 48.7 Å². The third-order valence-corrected chi connectivity index (χ3v) is 7.21. The van der Waals surface area contributed by atoms with Crippen LogP contribution in [-0.2, 0) is 21.0 Å². The standard InChI is InChI=1S/C25H26N4O2S.C2H6/c1-32(30,31)23-7-5-6-21(14-23)24-16-27-29-18-22(15-26-25(24)29)20-10-8-19(9-11-20)17-28-12-3-2-4-13-28;1-2/h5-11,14-16,18H,2-4,12-13,17H2,1H3;1-2H3/p+1. The smallest absolute Gasteiger partial charge is 0.244 e. The van der Waals surface area contributed by atoms with Gasteiger partial charge in [0, 0.05) is 36.1 Å². The van der Waals surface area contributed by atoms with Gasteiger partial charge in [0.1, 0.15) is 6.26 Å². The van der Waals surface area contributed by atoms with Gasteiger partial charge in [-0.2, -0.15) is 9.65 Å². The number of aromatic nitrogens is 3. The lowest BCUT2D eigenvalue weighted by molar-refractivity contribution is 0.221. The highest BCUT2D eigenvalue weighted by Gasteiger charge is 2.22. The minimum absolute atomic E-state index is 0.399. The normalized spacial score (nSPS) is 16.0. The summed E-state index contributed by atoms with van der Waals surface area (Å²) in [5, 5.41) is 4.48. The van der Waals surface area contributed by atoms with E-state index < -0.39 is 10.2 Å². The summed E-state index contributed by atoms with van der Waals surface area (Å²) in [6.07, 6.45) is 10.9. The SMILES string of the molecule is CC.C[S+](=O)(O)c1cccc(-c2cnn3cc(-c4ccc(CN5CCCCC5)cc4)cnc23)c1. The Kier molecular flexibility index (Phi) is 7.56. The summed E-state index contributed by atoms with van der Waals surface area (Å²) in [5.74, 6) is 0. The van der Waals surface area contributed by atoms with E-state index >= 15 is 0 Å². The zero-order valence-corrected chi connectivity index (χ0v) is 21.0. The molecule has 0 saturated carbocycles. The lowest BCUT2D eigenvalue weighted by atomic mass is 10.1. The Morgan fingerprint density at radius 3 is 2.38 bits per heavy atom. The van der Waals surface area contributed by atoms with E-state index in [1.54, 1.807) is 28.9 Å². The zero-order chi connectivity index (χ0) is 24.1. The van der Waals surface area contributed by atoms with Gasteiger partial charge in [-0.1, -0.05) is 60.9 Å². The molecule has 0 spiro atoms. The van der Waals surface area contributed by atoms with Crippen molar-refractivity contribution in [2.45, 2.75) is 44.6 Å². The predicted molar refractivity (Wildman–Crippen MR) is 139 cm³/mol. The van der Waals surface area contributed by atoms with Gasteiger partial charge in [-0.3, -0.25) is 4.90 Å². The summed E-state index contributed by atoms with van der Waals surface area (Å²) in [4.78, 5) is 7.59. The van der Waals surface area contributed by atoms with E-state index in [4.69, 9.17) is 0 Å². The Balaban J connectivity index is 0.00000133. The van der Waals surface area contributed by atoms with Crippen molar-refractivity contribution < 1.29 is 8.76 Å². The fourth-order valence-electron chi connectivity index (χ4n) is 4.30. The van der Waals surface area contributed by atoms with Crippen LogP contribution in [0.25, 0.3) is 27.9 Å². The minimum Gasteiger partial charge on any atom is -0.299 e. The maximum atomic E-state index is 12.0. The monoisotopic (exact) mass is 477 g/mol. The van der Waals surface area contributed by atoms with Crippen molar-refractivity contribution in [1.29, 1.82) is 0 Å². The third kappa shape index (κ3) is 5.43. The summed E-state index contributed by atoms with van der Waals surface area (Å²) >= 11 is 0. The molecule has 3 heterocycles. The summed E-state index contributed by atoms with van der Waals surface area (Å²) in [5.41, 5.74) is 5.81. The Morgan fingerprint density at radius 1 is 0.941 bits per heavy atom. The molecule has 2 aromatic heterocycles. The molecule has 2 aromatic carbocycles. The summed E-state index contributed by atoms with van der Waals surface area (Å²) < 4.78 is 23.7. The number of hydrogen-bond acceptors (Lipinski definition) is 4. The molecule has 1 atom stereocenters. The summed E-state index contributed by atoms with van der Waals surface area (Å²) in [7, 11) is -3.03. The lowest BCUT2D eigenvalue weighted by Crippen LogP contribution is -2.28. The fraction of sp³-hybridized carbons (Fsp3) is 0.333. The van der Waals surface area contributed by atoms with E-state index in [-0.39, 0.29) is 0 Å². The van der Waals surface area contributed by atoms with E-state index in [2.05, 4.69) is 39.2 Å². The van der Waals surface area contributed by atoms with Crippen molar-refractivity contribution >= 4 is 15.9 Å². The highest BCUT2D eigenvalue weighted by atomic mass is 32.3. The second kappa shape index (κ2) is 10.6. The first kappa shape index (κ1) is 24.3. The van der Waals surface area contributed by atoms with Gasteiger partial charge >= 0.3 is 0 Å². The molecule has 1 unspecified atom stereocenters. The summed E-state index contributed by atoms with van der Waals surface area (Å²) in [6.45, 7) is 7.40. The van der Waals surface area contributed by atoms with Crippen LogP contribution in [0.4, 0.5) is 0 Å². The number of nitrogens with zero attached hydrogens (tertiary/aromatic N) is 4. The van der Waals surface area contributed by atoms with Gasteiger partial charge in [0.05, 0.1) is 6.20 Å². The van der Waals surface area contributed by atoms with E-state index in [9.17, 15) is 8.76 Å². The van der Waals surface area contributed by atoms with Crippen LogP contribution in [0.15, 0.2) is 72.0 Å². The number of likely N-dealkylation sites (tertiary alicyclic amines) is 1. The van der Waals surface area contributed by atoms with Crippen molar-refractivity contribution in [3.8, 4) is 22.3 Å². The quantitative estimate of drug-likeness (QED) is 0.355. The van der Waals surface area contributed by atoms with Crippen LogP contribution < -0.4 is 0 Å². The number of benzene rings is 2. The van der Waals surface area contributed by atoms with E-state index in [1.165, 1.54) is 44.2 Å². The van der Waals surface area contributed by atoms with E-state index in [0.29, 0.717) is 10.5 Å². The van der Waals surface area contributed by atoms with E-state index in [0.717, 1.165) is 28.8 Å². The Bertz CT molecular complexity index is 1290. The van der Waals surface area contributed by atoms with Crippen LogP contribution in [0.5, 0.6) is 0 Å². The van der Waals surface area contributed by atoms with Crippen molar-refractivity contribution in [3.05, 3.63) is 72.7 Å². The average molecular weight is 478 g/mol. The molecule has 6 nitrogen and oxygen atoms in total. The van der Waals surface area contributed by atoms with Crippen LogP contribution in [0, 0.1) is 0 Å². The van der Waals surface area contributed by atoms with Gasteiger partial charge < -0.3 is 0 Å². The second-order valence-electron chi connectivity index (χ2n) is 8.53. The highest BCUT2D eigenvalue weighted by molar-refractivity contribution is 7.97. The number of piperidine rings is 1. The number of hydrogen-bond donors (Lipinski definition) is 1. The fourth-order valence-corrected chi connectivity index (χ4v) is 4.98. The minimum atomic E-state index is -3.03. The van der Waals surface area contributed by atoms with Gasteiger partial charge in [-0.15, -0.1) is 0 Å². The molecule has 4 aromatic rings. The topological polar surface area (TPSA) is 70.7 Å². The van der Waals surface area contributed by atoms with Crippen LogP contribution in [0.3, 0.4) is 0 Å². The molecule has 34 heavy (non-hydrogen) atoms. The predicted octanol–water partition coefficient (Wildman–Crippen LogP) is 6.04. The average Bonchev–Trinajstić information content (AvgIpc) is 3.29. The van der Waals surface area contributed by atoms with Gasteiger partial charge in [0.2, 0.25) is 10.2 Å². The Labute approximate surface area is 202 Å². The Morgan fingerprint density at radius 2 is 1.68 bits per heavy atom. The molecule has 5 rings (SSSR count). The van der Waals surface area contributed by atoms with Crippen LogP contribution in [0.1, 0.15) is 38.7 Å². The summed E-state index contributed by atoms with van der Waals surface area (Å²) in [6, 6.07) is 15.8. The molecule has 1 fully saturated rings. The number of fused-ring (bicyclic) bond motifs is 1.